The molecule has 1 N–H and O–H groups in total. The van der Waals surface area contributed by atoms with Crippen molar-refractivity contribution in [3.63, 3.8) is 0 Å². The van der Waals surface area contributed by atoms with Gasteiger partial charge in [0.15, 0.2) is 5.54 Å². The third-order valence-corrected chi connectivity index (χ3v) is 4.67. The summed E-state index contributed by atoms with van der Waals surface area (Å²) in [5.41, 5.74) is -3.91. The first-order chi connectivity index (χ1) is 14.6. The van der Waals surface area contributed by atoms with E-state index < -0.39 is 40.6 Å². The number of imide groups is 1. The molecule has 2 aromatic rings. The van der Waals surface area contributed by atoms with Crippen molar-refractivity contribution >= 4 is 17.6 Å². The highest BCUT2D eigenvalue weighted by Crippen LogP contribution is 2.37. The van der Waals surface area contributed by atoms with E-state index in [4.69, 9.17) is 10.00 Å². The third-order valence-electron chi connectivity index (χ3n) is 4.67. The smallest absolute Gasteiger partial charge is 0.374 e. The number of nitriles is 1. The lowest BCUT2D eigenvalue weighted by molar-refractivity contribution is -0.137. The maximum absolute atomic E-state index is 13.4. The zero-order valence-corrected chi connectivity index (χ0v) is 15.9. The fraction of sp³-hybridized carbons (Fsp3) is 0.190. The molecule has 0 saturated carbocycles. The van der Waals surface area contributed by atoms with Crippen LogP contribution in [0.3, 0.4) is 0 Å². The molecule has 0 spiro atoms. The number of benzene rings is 2. The van der Waals surface area contributed by atoms with Crippen LogP contribution in [0.4, 0.5) is 28.0 Å². The van der Waals surface area contributed by atoms with Crippen LogP contribution in [0.15, 0.2) is 55.1 Å². The zero-order valence-electron chi connectivity index (χ0n) is 15.9. The molecule has 1 unspecified atom stereocenters. The van der Waals surface area contributed by atoms with Crippen molar-refractivity contribution in [3.8, 4) is 6.07 Å². The summed E-state index contributed by atoms with van der Waals surface area (Å²) in [7, 11) is 0. The van der Waals surface area contributed by atoms with Gasteiger partial charge in [-0.15, -0.1) is 6.58 Å². The topological polar surface area (TPSA) is 82.4 Å². The number of halogens is 4. The van der Waals surface area contributed by atoms with Crippen LogP contribution in [0.5, 0.6) is 0 Å². The third kappa shape index (κ3) is 4.00. The molecule has 1 heterocycles. The highest BCUT2D eigenvalue weighted by molar-refractivity contribution is 6.23. The van der Waals surface area contributed by atoms with Crippen molar-refractivity contribution in [1.82, 2.24) is 5.32 Å². The van der Waals surface area contributed by atoms with Crippen molar-refractivity contribution < 1.29 is 31.9 Å². The Hall–Kier alpha value is -3.71. The number of carbonyl (C=O) groups is 2. The number of ether oxygens (including phenoxy) is 1. The highest BCUT2D eigenvalue weighted by atomic mass is 19.4. The van der Waals surface area contributed by atoms with Gasteiger partial charge in [-0.05, 0) is 35.9 Å². The molecule has 2 aromatic carbocycles. The lowest BCUT2D eigenvalue weighted by atomic mass is 9.90. The summed E-state index contributed by atoms with van der Waals surface area (Å²) in [5.74, 6) is -1.49. The molecular formula is C21H15F4N3O3. The number of rotatable bonds is 6. The summed E-state index contributed by atoms with van der Waals surface area (Å²) < 4.78 is 58.8. The molecule has 0 radical (unpaired) electrons. The number of nitrogens with one attached hydrogen (secondary N) is 1. The Kier molecular flexibility index (Phi) is 5.81. The Morgan fingerprint density at radius 3 is 2.45 bits per heavy atom. The van der Waals surface area contributed by atoms with Gasteiger partial charge in [-0.25, -0.2) is 14.1 Å². The molecule has 1 saturated heterocycles. The van der Waals surface area contributed by atoms with Crippen molar-refractivity contribution in [3.05, 3.63) is 77.6 Å². The lowest BCUT2D eigenvalue weighted by Gasteiger charge is -2.27. The molecule has 0 aliphatic carbocycles. The standard InChI is InChI=1S/C21H15F4N3O3/c1-2-9-31-12-20(14-4-6-15(22)7-5-14)18(29)28(19(30)27-20)16-8-3-13(11-26)17(10-16)21(23,24)25/h2-8,10H,1,9,12H2,(H,27,30). The first kappa shape index (κ1) is 22.0. The van der Waals surface area contributed by atoms with Crippen LogP contribution >= 0.6 is 0 Å². The van der Waals surface area contributed by atoms with Gasteiger partial charge in [0, 0.05) is 0 Å². The number of urea groups is 1. The molecule has 0 aromatic heterocycles. The monoisotopic (exact) mass is 433 g/mol. The Balaban J connectivity index is 2.09. The zero-order chi connectivity index (χ0) is 22.8. The normalized spacial score (nSPS) is 18.6. The number of hydrogen-bond donors (Lipinski definition) is 1. The number of alkyl halides is 3. The van der Waals surface area contributed by atoms with Crippen LogP contribution in [0.1, 0.15) is 16.7 Å². The van der Waals surface area contributed by atoms with E-state index in [1.165, 1.54) is 24.3 Å². The quantitative estimate of drug-likeness (QED) is 0.325. The van der Waals surface area contributed by atoms with Crippen molar-refractivity contribution in [2.75, 3.05) is 18.1 Å². The van der Waals surface area contributed by atoms with Gasteiger partial charge in [-0.1, -0.05) is 18.2 Å². The van der Waals surface area contributed by atoms with Gasteiger partial charge >= 0.3 is 12.2 Å². The molecule has 1 fully saturated rings. The SMILES string of the molecule is C=CCOCC1(c2ccc(F)cc2)NC(=O)N(c2ccc(C#N)c(C(F)(F)F)c2)C1=O. The fourth-order valence-electron chi connectivity index (χ4n) is 3.22. The van der Waals surface area contributed by atoms with Crippen LogP contribution in [-0.4, -0.2) is 25.2 Å². The van der Waals surface area contributed by atoms with Crippen molar-refractivity contribution in [2.45, 2.75) is 11.7 Å². The predicted molar refractivity (Wildman–Crippen MR) is 101 cm³/mol. The average Bonchev–Trinajstić information content (AvgIpc) is 2.98. The molecule has 3 amide bonds. The molecule has 0 bridgehead atoms. The molecule has 3 rings (SSSR count). The van der Waals surface area contributed by atoms with Crippen LogP contribution in [0.25, 0.3) is 0 Å². The number of nitrogens with zero attached hydrogens (tertiary/aromatic N) is 2. The number of carbonyl (C=O) groups excluding carboxylic acids is 2. The maximum Gasteiger partial charge on any atom is 0.417 e. The lowest BCUT2D eigenvalue weighted by Crippen LogP contribution is -2.48. The molecular weight excluding hydrogens is 418 g/mol. The van der Waals surface area contributed by atoms with Gasteiger partial charge in [-0.3, -0.25) is 4.79 Å². The molecule has 1 aliphatic heterocycles. The van der Waals surface area contributed by atoms with Gasteiger partial charge in [0.1, 0.15) is 5.82 Å². The molecule has 31 heavy (non-hydrogen) atoms. The fourth-order valence-corrected chi connectivity index (χ4v) is 3.22. The van der Waals surface area contributed by atoms with Crippen LogP contribution in [-0.2, 0) is 21.2 Å². The molecule has 160 valence electrons. The minimum Gasteiger partial charge on any atom is -0.374 e. The second-order valence-corrected chi connectivity index (χ2v) is 6.63. The average molecular weight is 433 g/mol. The maximum atomic E-state index is 13.4. The van der Waals surface area contributed by atoms with E-state index in [2.05, 4.69) is 11.9 Å². The number of amides is 3. The largest absolute Gasteiger partial charge is 0.417 e. The first-order valence-corrected chi connectivity index (χ1v) is 8.87. The molecule has 1 aliphatic rings. The predicted octanol–water partition coefficient (Wildman–Crippen LogP) is 3.87. The van der Waals surface area contributed by atoms with Crippen LogP contribution < -0.4 is 10.2 Å². The van der Waals surface area contributed by atoms with E-state index in [0.29, 0.717) is 11.0 Å². The van der Waals surface area contributed by atoms with E-state index in [0.717, 1.165) is 24.3 Å². The van der Waals surface area contributed by atoms with Crippen LogP contribution in [0, 0.1) is 17.1 Å². The Morgan fingerprint density at radius 1 is 1.19 bits per heavy atom. The summed E-state index contributed by atoms with van der Waals surface area (Å²) in [4.78, 5) is 26.6. The summed E-state index contributed by atoms with van der Waals surface area (Å²) in [6.45, 7) is 3.15. The van der Waals surface area contributed by atoms with Gasteiger partial charge in [-0.2, -0.15) is 18.4 Å². The van der Waals surface area contributed by atoms with E-state index in [9.17, 15) is 27.2 Å². The van der Waals surface area contributed by atoms with E-state index in [-0.39, 0.29) is 24.5 Å². The van der Waals surface area contributed by atoms with Crippen LogP contribution in [0.2, 0.25) is 0 Å². The first-order valence-electron chi connectivity index (χ1n) is 8.87. The second-order valence-electron chi connectivity index (χ2n) is 6.63. The van der Waals surface area contributed by atoms with Gasteiger partial charge in [0.25, 0.3) is 5.91 Å². The second kappa shape index (κ2) is 8.20. The molecule has 6 nitrogen and oxygen atoms in total. The summed E-state index contributed by atoms with van der Waals surface area (Å²) in [6, 6.07) is 7.65. The number of hydrogen-bond acceptors (Lipinski definition) is 4. The molecule has 1 atom stereocenters. The number of anilines is 1. The van der Waals surface area contributed by atoms with E-state index in [1.54, 1.807) is 0 Å². The summed E-state index contributed by atoms with van der Waals surface area (Å²) in [6.07, 6.45) is -3.46. The van der Waals surface area contributed by atoms with Gasteiger partial charge < -0.3 is 10.1 Å². The van der Waals surface area contributed by atoms with Crippen molar-refractivity contribution in [1.29, 1.82) is 5.26 Å². The van der Waals surface area contributed by atoms with E-state index in [1.807, 2.05) is 0 Å². The Morgan fingerprint density at radius 2 is 1.87 bits per heavy atom. The Bertz CT molecular complexity index is 1080. The summed E-state index contributed by atoms with van der Waals surface area (Å²) >= 11 is 0. The molecule has 10 heteroatoms. The minimum absolute atomic E-state index is 0.0290. The Labute approximate surface area is 174 Å². The van der Waals surface area contributed by atoms with Crippen molar-refractivity contribution in [2.24, 2.45) is 0 Å². The van der Waals surface area contributed by atoms with Gasteiger partial charge in [0.2, 0.25) is 0 Å². The summed E-state index contributed by atoms with van der Waals surface area (Å²) in [5, 5.41) is 11.4. The minimum atomic E-state index is -4.87. The van der Waals surface area contributed by atoms with E-state index >= 15 is 0 Å². The highest BCUT2D eigenvalue weighted by Gasteiger charge is 2.53. The van der Waals surface area contributed by atoms with Gasteiger partial charge in [0.05, 0.1) is 36.1 Å².